The van der Waals surface area contributed by atoms with Gasteiger partial charge in [0.15, 0.2) is 13.5 Å². The minimum atomic E-state index is 0.346. The number of nitrogens with zero attached hydrogens (tertiary/aromatic N) is 4. The van der Waals surface area contributed by atoms with Gasteiger partial charge in [-0.15, -0.1) is 10.2 Å². The number of ether oxygens (including phenoxy) is 3. The third-order valence-electron chi connectivity index (χ3n) is 4.14. The van der Waals surface area contributed by atoms with E-state index in [1.54, 1.807) is 10.0 Å². The maximum atomic E-state index is 5.68. The summed E-state index contributed by atoms with van der Waals surface area (Å²) in [6.45, 7) is 1.50. The third kappa shape index (κ3) is 4.98. The molecule has 0 atom stereocenters. The number of hydrazone groups is 2. The summed E-state index contributed by atoms with van der Waals surface area (Å²) in [6, 6.07) is 20.3. The topological polar surface area (TPSA) is 58.9 Å². The van der Waals surface area contributed by atoms with Crippen molar-refractivity contribution in [1.29, 1.82) is 0 Å². The molecule has 27 heavy (non-hydrogen) atoms. The maximum absolute atomic E-state index is 5.68. The smallest absolute Gasteiger partial charge is 0.212 e. The van der Waals surface area contributed by atoms with Gasteiger partial charge in [0.2, 0.25) is 11.8 Å². The van der Waals surface area contributed by atoms with Crippen LogP contribution in [0.15, 0.2) is 70.9 Å². The van der Waals surface area contributed by atoms with E-state index in [0.717, 1.165) is 0 Å². The van der Waals surface area contributed by atoms with Crippen LogP contribution >= 0.6 is 0 Å². The van der Waals surface area contributed by atoms with Gasteiger partial charge in [0.1, 0.15) is 13.5 Å². The van der Waals surface area contributed by atoms with Crippen LogP contribution in [0.25, 0.3) is 0 Å². The van der Waals surface area contributed by atoms with Crippen LogP contribution in [-0.2, 0) is 27.1 Å². The second kappa shape index (κ2) is 8.55. The van der Waals surface area contributed by atoms with Crippen LogP contribution in [0, 0.1) is 0 Å². The van der Waals surface area contributed by atoms with E-state index < -0.39 is 0 Å². The molecule has 2 heterocycles. The summed E-state index contributed by atoms with van der Waals surface area (Å²) in [4.78, 5) is 0. The number of rotatable bonds is 8. The SMILES string of the molecule is c1ccc(CC2=NN(COCN3COC(Cc4ccccc4)=N3)CO2)cc1. The predicted molar refractivity (Wildman–Crippen MR) is 102 cm³/mol. The molecule has 7 heteroatoms. The second-order valence-electron chi connectivity index (χ2n) is 6.33. The molecule has 2 aromatic carbocycles. The van der Waals surface area contributed by atoms with E-state index in [-0.39, 0.29) is 0 Å². The fourth-order valence-corrected chi connectivity index (χ4v) is 2.83. The molecule has 0 fully saturated rings. The fourth-order valence-electron chi connectivity index (χ4n) is 2.83. The van der Waals surface area contributed by atoms with Gasteiger partial charge >= 0.3 is 0 Å². The molecule has 4 rings (SSSR count). The van der Waals surface area contributed by atoms with Crippen LogP contribution in [0.5, 0.6) is 0 Å². The summed E-state index contributed by atoms with van der Waals surface area (Å²) in [5.74, 6) is 1.41. The molecule has 2 aliphatic heterocycles. The van der Waals surface area contributed by atoms with E-state index in [4.69, 9.17) is 14.2 Å². The molecule has 0 N–H and O–H groups in total. The van der Waals surface area contributed by atoms with E-state index >= 15 is 0 Å². The van der Waals surface area contributed by atoms with Gasteiger partial charge in [0, 0.05) is 0 Å². The summed E-state index contributed by atoms with van der Waals surface area (Å²) < 4.78 is 16.9. The minimum Gasteiger partial charge on any atom is -0.456 e. The van der Waals surface area contributed by atoms with Gasteiger partial charge < -0.3 is 14.2 Å². The van der Waals surface area contributed by atoms with Crippen LogP contribution in [0.3, 0.4) is 0 Å². The zero-order chi connectivity index (χ0) is 18.3. The first-order chi connectivity index (χ1) is 13.3. The van der Waals surface area contributed by atoms with Crippen molar-refractivity contribution in [3.63, 3.8) is 0 Å². The Labute approximate surface area is 158 Å². The molecule has 2 aromatic rings. The zero-order valence-electron chi connectivity index (χ0n) is 15.0. The van der Waals surface area contributed by atoms with Crippen LogP contribution in [0.4, 0.5) is 0 Å². The van der Waals surface area contributed by atoms with Crippen molar-refractivity contribution in [3.8, 4) is 0 Å². The Kier molecular flexibility index (Phi) is 5.50. The fraction of sp³-hybridized carbons (Fsp3) is 0.300. The Morgan fingerprint density at radius 2 is 1.15 bits per heavy atom. The summed E-state index contributed by atoms with van der Waals surface area (Å²) in [5.41, 5.74) is 2.35. The molecule has 140 valence electrons. The molecular weight excluding hydrogens is 344 g/mol. The van der Waals surface area contributed by atoms with Crippen molar-refractivity contribution in [3.05, 3.63) is 71.8 Å². The first kappa shape index (κ1) is 17.4. The number of benzene rings is 2. The van der Waals surface area contributed by atoms with Crippen molar-refractivity contribution >= 4 is 11.8 Å². The van der Waals surface area contributed by atoms with E-state index in [0.29, 0.717) is 51.6 Å². The van der Waals surface area contributed by atoms with Crippen molar-refractivity contribution in [2.75, 3.05) is 26.9 Å². The molecule has 0 amide bonds. The maximum Gasteiger partial charge on any atom is 0.212 e. The lowest BCUT2D eigenvalue weighted by Crippen LogP contribution is -2.25. The molecule has 0 spiro atoms. The lowest BCUT2D eigenvalue weighted by molar-refractivity contribution is -0.0503. The molecule has 0 radical (unpaired) electrons. The van der Waals surface area contributed by atoms with Gasteiger partial charge in [-0.2, -0.15) is 0 Å². The van der Waals surface area contributed by atoms with Crippen molar-refractivity contribution in [1.82, 2.24) is 10.0 Å². The number of hydrogen-bond acceptors (Lipinski definition) is 7. The summed E-state index contributed by atoms with van der Waals surface area (Å²) in [5, 5.41) is 12.4. The molecule has 2 aliphatic rings. The van der Waals surface area contributed by atoms with E-state index in [1.807, 2.05) is 36.4 Å². The molecule has 0 unspecified atom stereocenters. The molecule has 0 saturated carbocycles. The van der Waals surface area contributed by atoms with Gasteiger partial charge in [-0.1, -0.05) is 60.7 Å². The highest BCUT2D eigenvalue weighted by Gasteiger charge is 2.18. The molecule has 7 nitrogen and oxygen atoms in total. The van der Waals surface area contributed by atoms with Gasteiger partial charge in [0.25, 0.3) is 0 Å². The summed E-state index contributed by atoms with van der Waals surface area (Å²) in [6.07, 6.45) is 1.37. The Bertz CT molecular complexity index is 728. The summed E-state index contributed by atoms with van der Waals surface area (Å²) in [7, 11) is 0. The van der Waals surface area contributed by atoms with Crippen LogP contribution in [-0.4, -0.2) is 48.7 Å². The highest BCUT2D eigenvalue weighted by molar-refractivity contribution is 5.79. The van der Waals surface area contributed by atoms with Gasteiger partial charge in [-0.05, 0) is 11.1 Å². The van der Waals surface area contributed by atoms with Crippen LogP contribution < -0.4 is 0 Å². The van der Waals surface area contributed by atoms with Crippen LogP contribution in [0.2, 0.25) is 0 Å². The number of hydrogen-bond donors (Lipinski definition) is 0. The highest BCUT2D eigenvalue weighted by Crippen LogP contribution is 2.11. The molecular formula is C20H22N4O3. The molecule has 0 saturated heterocycles. The third-order valence-corrected chi connectivity index (χ3v) is 4.14. The largest absolute Gasteiger partial charge is 0.456 e. The second-order valence-corrected chi connectivity index (χ2v) is 6.33. The molecule has 0 aliphatic carbocycles. The molecule has 0 bridgehead atoms. The van der Waals surface area contributed by atoms with E-state index in [1.165, 1.54) is 11.1 Å². The average Bonchev–Trinajstić information content (AvgIpc) is 3.33. The quantitative estimate of drug-likeness (QED) is 0.719. The van der Waals surface area contributed by atoms with Gasteiger partial charge in [-0.3, -0.25) is 0 Å². The van der Waals surface area contributed by atoms with E-state index in [9.17, 15) is 0 Å². The van der Waals surface area contributed by atoms with Gasteiger partial charge in [-0.25, -0.2) is 10.0 Å². The minimum absolute atomic E-state index is 0.346. The Hall–Kier alpha value is -3.06. The first-order valence-electron chi connectivity index (χ1n) is 8.91. The average molecular weight is 366 g/mol. The van der Waals surface area contributed by atoms with Gasteiger partial charge in [0.05, 0.1) is 12.8 Å². The standard InChI is InChI=1S/C20H22N4O3/c1-3-7-17(8-4-1)11-19-21-23(15-26-19)13-25-14-24-16-27-20(22-24)12-18-9-5-2-6-10-18/h1-10H,11-16H2. The van der Waals surface area contributed by atoms with Crippen molar-refractivity contribution in [2.24, 2.45) is 10.2 Å². The predicted octanol–water partition coefficient (Wildman–Crippen LogP) is 2.61. The highest BCUT2D eigenvalue weighted by atomic mass is 16.6. The van der Waals surface area contributed by atoms with Crippen molar-refractivity contribution < 1.29 is 14.2 Å². The first-order valence-corrected chi connectivity index (χ1v) is 8.91. The normalized spacial score (nSPS) is 16.0. The lowest BCUT2D eigenvalue weighted by atomic mass is 10.1. The van der Waals surface area contributed by atoms with Crippen molar-refractivity contribution in [2.45, 2.75) is 12.8 Å². The monoisotopic (exact) mass is 366 g/mol. The summed E-state index contributed by atoms with van der Waals surface area (Å²) >= 11 is 0. The van der Waals surface area contributed by atoms with Crippen LogP contribution in [0.1, 0.15) is 11.1 Å². The Balaban J connectivity index is 1.19. The lowest BCUT2D eigenvalue weighted by Gasteiger charge is -2.15. The Morgan fingerprint density at radius 3 is 1.59 bits per heavy atom. The molecule has 0 aromatic heterocycles. The zero-order valence-corrected chi connectivity index (χ0v) is 15.0. The Morgan fingerprint density at radius 1 is 0.704 bits per heavy atom. The van der Waals surface area contributed by atoms with E-state index in [2.05, 4.69) is 34.5 Å².